The topological polar surface area (TPSA) is 81.7 Å². The number of esters is 1. The van der Waals surface area contributed by atoms with Gasteiger partial charge >= 0.3 is 12.1 Å². The summed E-state index contributed by atoms with van der Waals surface area (Å²) >= 11 is 0. The highest BCUT2D eigenvalue weighted by Crippen LogP contribution is 2.25. The van der Waals surface area contributed by atoms with Crippen molar-refractivity contribution in [1.82, 2.24) is 5.32 Å². The zero-order valence-corrected chi connectivity index (χ0v) is 13.4. The lowest BCUT2D eigenvalue weighted by molar-refractivity contribution is -0.161. The van der Waals surface area contributed by atoms with Crippen LogP contribution in [0.15, 0.2) is 12.2 Å². The van der Waals surface area contributed by atoms with Crippen LogP contribution in [-0.4, -0.2) is 34.6 Å². The zero-order valence-electron chi connectivity index (χ0n) is 13.4. The van der Waals surface area contributed by atoms with Crippen LogP contribution in [0.4, 0.5) is 4.79 Å². The molecule has 0 saturated heterocycles. The van der Waals surface area contributed by atoms with Crippen molar-refractivity contribution in [3.05, 3.63) is 12.2 Å². The molecule has 6 nitrogen and oxygen atoms in total. The van der Waals surface area contributed by atoms with Gasteiger partial charge in [-0.3, -0.25) is 4.79 Å². The molecule has 1 amide bonds. The van der Waals surface area contributed by atoms with Gasteiger partial charge in [-0.05, 0) is 53.7 Å². The third-order valence-corrected chi connectivity index (χ3v) is 2.49. The van der Waals surface area contributed by atoms with Gasteiger partial charge in [-0.2, -0.15) is 0 Å². The number of hydrogen-bond donors (Lipinski definition) is 1. The average Bonchev–Trinajstić information content (AvgIpc) is 2.55. The number of amides is 1. The third kappa shape index (κ3) is 5.21. The molecule has 21 heavy (non-hydrogen) atoms. The van der Waals surface area contributed by atoms with Gasteiger partial charge in [0.1, 0.15) is 11.2 Å². The van der Waals surface area contributed by atoms with Gasteiger partial charge in [-0.1, -0.05) is 0 Å². The van der Waals surface area contributed by atoms with Crippen molar-refractivity contribution >= 4 is 17.8 Å². The van der Waals surface area contributed by atoms with Crippen LogP contribution in [0.3, 0.4) is 0 Å². The second-order valence-corrected chi connectivity index (χ2v) is 7.08. The Kier molecular flexibility index (Phi) is 4.51. The summed E-state index contributed by atoms with van der Waals surface area (Å²) in [7, 11) is 0. The first-order chi connectivity index (χ1) is 9.33. The maximum atomic E-state index is 12.3. The molecule has 0 aromatic heterocycles. The van der Waals surface area contributed by atoms with E-state index < -0.39 is 28.8 Å². The van der Waals surface area contributed by atoms with E-state index in [9.17, 15) is 14.4 Å². The highest BCUT2D eigenvalue weighted by atomic mass is 16.6. The first kappa shape index (κ1) is 17.2. The highest BCUT2D eigenvalue weighted by molar-refractivity contribution is 6.03. The van der Waals surface area contributed by atoms with Crippen LogP contribution in [0.1, 0.15) is 48.0 Å². The van der Waals surface area contributed by atoms with E-state index in [4.69, 9.17) is 9.47 Å². The second-order valence-electron chi connectivity index (χ2n) is 7.08. The maximum Gasteiger partial charge on any atom is 0.408 e. The molecule has 0 bridgehead atoms. The molecule has 6 heteroatoms. The second kappa shape index (κ2) is 5.50. The number of alkyl carbamates (subject to hydrolysis) is 1. The molecular weight excluding hydrogens is 274 g/mol. The van der Waals surface area contributed by atoms with Crippen molar-refractivity contribution in [1.29, 1.82) is 0 Å². The summed E-state index contributed by atoms with van der Waals surface area (Å²) in [5.41, 5.74) is -2.92. The van der Waals surface area contributed by atoms with Gasteiger partial charge in [-0.15, -0.1) is 0 Å². The van der Waals surface area contributed by atoms with Crippen LogP contribution in [-0.2, 0) is 19.1 Å². The lowest BCUT2D eigenvalue weighted by Gasteiger charge is -2.31. The molecule has 0 spiro atoms. The van der Waals surface area contributed by atoms with E-state index in [0.717, 1.165) is 0 Å². The molecule has 1 aliphatic carbocycles. The maximum absolute atomic E-state index is 12.3. The van der Waals surface area contributed by atoms with Crippen molar-refractivity contribution < 1.29 is 23.9 Å². The van der Waals surface area contributed by atoms with E-state index in [-0.39, 0.29) is 12.2 Å². The molecule has 0 radical (unpaired) electrons. The van der Waals surface area contributed by atoms with E-state index in [2.05, 4.69) is 5.32 Å². The third-order valence-electron chi connectivity index (χ3n) is 2.49. The number of allylic oxidation sites excluding steroid dienone is 1. The Bertz CT molecular complexity index is 481. The summed E-state index contributed by atoms with van der Waals surface area (Å²) in [4.78, 5) is 35.8. The van der Waals surface area contributed by atoms with Gasteiger partial charge in [0.25, 0.3) is 0 Å². The van der Waals surface area contributed by atoms with Crippen molar-refractivity contribution in [3.8, 4) is 0 Å². The number of carbonyl (C=O) groups is 3. The van der Waals surface area contributed by atoms with Crippen molar-refractivity contribution in [2.75, 3.05) is 0 Å². The fourth-order valence-electron chi connectivity index (χ4n) is 1.76. The van der Waals surface area contributed by atoms with Crippen LogP contribution in [0.25, 0.3) is 0 Å². The number of ketones is 1. The Hall–Kier alpha value is -1.85. The molecule has 1 N–H and O–H groups in total. The summed E-state index contributed by atoms with van der Waals surface area (Å²) in [6, 6.07) is 0. The minimum absolute atomic E-state index is 0.166. The average molecular weight is 297 g/mol. The summed E-state index contributed by atoms with van der Waals surface area (Å²) in [6.45, 7) is 10.3. The molecule has 0 unspecified atom stereocenters. The normalized spacial score (nSPS) is 22.1. The largest absolute Gasteiger partial charge is 0.458 e. The monoisotopic (exact) mass is 297 g/mol. The minimum Gasteiger partial charge on any atom is -0.458 e. The van der Waals surface area contributed by atoms with Crippen LogP contribution in [0.2, 0.25) is 0 Å². The van der Waals surface area contributed by atoms with Crippen molar-refractivity contribution in [2.45, 2.75) is 64.7 Å². The van der Waals surface area contributed by atoms with Gasteiger partial charge < -0.3 is 14.8 Å². The fraction of sp³-hybridized carbons (Fsp3) is 0.667. The van der Waals surface area contributed by atoms with Gasteiger partial charge in [0.2, 0.25) is 0 Å². The molecule has 0 heterocycles. The molecule has 0 saturated carbocycles. The molecule has 0 aliphatic heterocycles. The van der Waals surface area contributed by atoms with Crippen LogP contribution in [0.5, 0.6) is 0 Å². The van der Waals surface area contributed by atoms with Crippen molar-refractivity contribution in [3.63, 3.8) is 0 Å². The lowest BCUT2D eigenvalue weighted by atomic mass is 9.98. The van der Waals surface area contributed by atoms with Gasteiger partial charge in [-0.25, -0.2) is 9.59 Å². The molecular formula is C15H23NO5. The number of hydrogen-bond acceptors (Lipinski definition) is 5. The Morgan fingerprint density at radius 1 is 1.10 bits per heavy atom. The first-order valence-corrected chi connectivity index (χ1v) is 6.80. The molecule has 1 atom stereocenters. The van der Waals surface area contributed by atoms with E-state index in [1.165, 1.54) is 12.2 Å². The minimum atomic E-state index is -1.49. The molecule has 0 aromatic rings. The summed E-state index contributed by atoms with van der Waals surface area (Å²) in [5.74, 6) is -0.931. The highest BCUT2D eigenvalue weighted by Gasteiger charge is 2.46. The SMILES string of the molecule is CC(C)(C)OC(=O)N[C@]1(C(=O)OC(C)(C)C)C=CC(=O)C1. The Morgan fingerprint density at radius 2 is 1.62 bits per heavy atom. The Morgan fingerprint density at radius 3 is 2.00 bits per heavy atom. The van der Waals surface area contributed by atoms with Crippen molar-refractivity contribution in [2.24, 2.45) is 0 Å². The van der Waals surface area contributed by atoms with E-state index in [1.54, 1.807) is 41.5 Å². The smallest absolute Gasteiger partial charge is 0.408 e. The molecule has 1 aliphatic rings. The standard InChI is InChI=1S/C15H23NO5/c1-13(2,3)20-11(18)15(8-7-10(17)9-15)16-12(19)21-14(4,5)6/h7-8H,9H2,1-6H3,(H,16,19)/t15-/m1/s1. The summed E-state index contributed by atoms with van der Waals surface area (Å²) in [5, 5.41) is 2.46. The molecule has 1 rings (SSSR count). The predicted molar refractivity (Wildman–Crippen MR) is 76.7 cm³/mol. The van der Waals surface area contributed by atoms with Crippen LogP contribution < -0.4 is 5.32 Å². The van der Waals surface area contributed by atoms with Gasteiger partial charge in [0.05, 0.1) is 0 Å². The fourth-order valence-corrected chi connectivity index (χ4v) is 1.76. The number of nitrogens with one attached hydrogen (secondary N) is 1. The molecule has 0 fully saturated rings. The van der Waals surface area contributed by atoms with Crippen LogP contribution in [0, 0.1) is 0 Å². The molecule has 118 valence electrons. The molecule has 0 aromatic carbocycles. The van der Waals surface area contributed by atoms with E-state index in [0.29, 0.717) is 0 Å². The van der Waals surface area contributed by atoms with Crippen LogP contribution >= 0.6 is 0 Å². The van der Waals surface area contributed by atoms with E-state index >= 15 is 0 Å². The number of rotatable bonds is 2. The lowest BCUT2D eigenvalue weighted by Crippen LogP contribution is -2.55. The summed E-state index contributed by atoms with van der Waals surface area (Å²) < 4.78 is 10.4. The number of carbonyl (C=O) groups excluding carboxylic acids is 3. The van der Waals surface area contributed by atoms with Gasteiger partial charge in [0.15, 0.2) is 11.3 Å². The zero-order chi connectivity index (χ0) is 16.5. The van der Waals surface area contributed by atoms with Gasteiger partial charge in [0, 0.05) is 6.42 Å². The Balaban J connectivity index is 2.91. The quantitative estimate of drug-likeness (QED) is 0.789. The van der Waals surface area contributed by atoms with E-state index in [1.807, 2.05) is 0 Å². The Labute approximate surface area is 124 Å². The first-order valence-electron chi connectivity index (χ1n) is 6.80. The summed E-state index contributed by atoms with van der Waals surface area (Å²) in [6.07, 6.45) is 1.68. The predicted octanol–water partition coefficient (Wildman–Crippen LogP) is 2.12. The number of ether oxygens (including phenoxy) is 2.